The van der Waals surface area contributed by atoms with Gasteiger partial charge in [-0.1, -0.05) is 0 Å². The van der Waals surface area contributed by atoms with E-state index in [4.69, 9.17) is 4.74 Å². The van der Waals surface area contributed by atoms with Gasteiger partial charge in [-0.3, -0.25) is 14.2 Å². The van der Waals surface area contributed by atoms with Gasteiger partial charge in [0.05, 0.1) is 18.8 Å². The summed E-state index contributed by atoms with van der Waals surface area (Å²) in [6.07, 6.45) is 2.79. The number of thiophene rings is 1. The highest BCUT2D eigenvalue weighted by Gasteiger charge is 2.20. The number of carbonyl (C=O) groups excluding carboxylic acids is 1. The van der Waals surface area contributed by atoms with E-state index in [-0.39, 0.29) is 11.5 Å². The van der Waals surface area contributed by atoms with Crippen LogP contribution in [-0.2, 0) is 11.3 Å². The topological polar surface area (TPSA) is 67.7 Å². The molecule has 2 aromatic heterocycles. The summed E-state index contributed by atoms with van der Waals surface area (Å²) in [7, 11) is 1.66. The van der Waals surface area contributed by atoms with E-state index in [2.05, 4.69) is 22.0 Å². The molecule has 8 heteroatoms. The molecule has 0 atom stereocenters. The SMILES string of the molecule is COc1ccc(N2CCCN(C(=O)CCn3cnc4sc(C)c(C)c4c3=O)CC2)cc1. The van der Waals surface area contributed by atoms with Crippen molar-refractivity contribution in [3.05, 3.63) is 51.4 Å². The minimum Gasteiger partial charge on any atom is -0.497 e. The predicted molar refractivity (Wildman–Crippen MR) is 124 cm³/mol. The van der Waals surface area contributed by atoms with Gasteiger partial charge in [-0.25, -0.2) is 4.98 Å². The van der Waals surface area contributed by atoms with Gasteiger partial charge in [-0.2, -0.15) is 0 Å². The third kappa shape index (κ3) is 4.44. The Morgan fingerprint density at radius 1 is 1.13 bits per heavy atom. The van der Waals surface area contributed by atoms with Gasteiger partial charge in [0.15, 0.2) is 0 Å². The summed E-state index contributed by atoms with van der Waals surface area (Å²) >= 11 is 1.54. The molecule has 0 aliphatic carbocycles. The standard InChI is InChI=1S/C23H28N4O3S/c1-16-17(2)31-22-21(16)23(29)27(15-24-22)12-9-20(28)26-11-4-10-25(13-14-26)18-5-7-19(30-3)8-6-18/h5-8,15H,4,9-14H2,1-3H3. The first kappa shape index (κ1) is 21.4. The molecule has 3 heterocycles. The van der Waals surface area contributed by atoms with Gasteiger partial charge in [0.1, 0.15) is 10.6 Å². The van der Waals surface area contributed by atoms with Crippen molar-refractivity contribution >= 4 is 33.1 Å². The fourth-order valence-electron chi connectivity index (χ4n) is 4.02. The summed E-state index contributed by atoms with van der Waals surface area (Å²) in [4.78, 5) is 36.2. The fourth-order valence-corrected chi connectivity index (χ4v) is 5.01. The van der Waals surface area contributed by atoms with Crippen LogP contribution in [0.4, 0.5) is 5.69 Å². The summed E-state index contributed by atoms with van der Waals surface area (Å²) in [5, 5.41) is 0.683. The molecule has 164 valence electrons. The van der Waals surface area contributed by atoms with Crippen LogP contribution < -0.4 is 15.2 Å². The van der Waals surface area contributed by atoms with Gasteiger partial charge in [0.2, 0.25) is 5.91 Å². The summed E-state index contributed by atoms with van der Waals surface area (Å²) in [5.74, 6) is 0.924. The van der Waals surface area contributed by atoms with Crippen LogP contribution in [0.3, 0.4) is 0 Å². The molecule has 0 saturated carbocycles. The summed E-state index contributed by atoms with van der Waals surface area (Å²) in [6, 6.07) is 8.03. The minimum atomic E-state index is -0.0544. The second-order valence-electron chi connectivity index (χ2n) is 7.88. The van der Waals surface area contributed by atoms with E-state index in [1.807, 2.05) is 30.9 Å². The molecule has 1 amide bonds. The van der Waals surface area contributed by atoms with Crippen LogP contribution in [0, 0.1) is 13.8 Å². The second kappa shape index (κ2) is 9.09. The van der Waals surface area contributed by atoms with E-state index in [9.17, 15) is 9.59 Å². The number of hydrogen-bond donors (Lipinski definition) is 0. The molecular weight excluding hydrogens is 412 g/mol. The highest BCUT2D eigenvalue weighted by atomic mass is 32.1. The Labute approximate surface area is 185 Å². The maximum absolute atomic E-state index is 12.9. The van der Waals surface area contributed by atoms with Gasteiger partial charge in [-0.05, 0) is 50.1 Å². The number of anilines is 1. The van der Waals surface area contributed by atoms with Gasteiger partial charge < -0.3 is 14.5 Å². The molecule has 0 unspecified atom stereocenters. The van der Waals surface area contributed by atoms with Crippen molar-refractivity contribution in [3.8, 4) is 5.75 Å². The summed E-state index contributed by atoms with van der Waals surface area (Å²) in [5.41, 5.74) is 2.08. The van der Waals surface area contributed by atoms with Crippen molar-refractivity contribution in [1.82, 2.24) is 14.5 Å². The maximum Gasteiger partial charge on any atom is 0.262 e. The monoisotopic (exact) mass is 440 g/mol. The van der Waals surface area contributed by atoms with Crippen molar-refractivity contribution in [1.29, 1.82) is 0 Å². The van der Waals surface area contributed by atoms with Crippen LogP contribution in [0.5, 0.6) is 5.75 Å². The van der Waals surface area contributed by atoms with Crippen molar-refractivity contribution in [3.63, 3.8) is 0 Å². The molecular formula is C23H28N4O3S. The van der Waals surface area contributed by atoms with Gasteiger partial charge in [0, 0.05) is 49.7 Å². The average Bonchev–Trinajstić information content (AvgIpc) is 2.95. The lowest BCUT2D eigenvalue weighted by Gasteiger charge is -2.24. The molecule has 31 heavy (non-hydrogen) atoms. The number of aromatic nitrogens is 2. The number of ether oxygens (including phenoxy) is 1. The Morgan fingerprint density at radius 2 is 1.90 bits per heavy atom. The second-order valence-corrected chi connectivity index (χ2v) is 9.08. The molecule has 3 aromatic rings. The molecule has 1 aliphatic heterocycles. The zero-order valence-electron chi connectivity index (χ0n) is 18.3. The Hall–Kier alpha value is -2.87. The van der Waals surface area contributed by atoms with Gasteiger partial charge in [-0.15, -0.1) is 11.3 Å². The van der Waals surface area contributed by atoms with Crippen LogP contribution in [0.2, 0.25) is 0 Å². The van der Waals surface area contributed by atoms with Crippen molar-refractivity contribution < 1.29 is 9.53 Å². The third-order valence-corrected chi connectivity index (χ3v) is 7.12. The van der Waals surface area contributed by atoms with Crippen LogP contribution >= 0.6 is 11.3 Å². The van der Waals surface area contributed by atoms with Gasteiger partial charge in [0.25, 0.3) is 5.56 Å². The average molecular weight is 441 g/mol. The molecule has 0 radical (unpaired) electrons. The number of amides is 1. The molecule has 1 saturated heterocycles. The normalized spacial score (nSPS) is 14.7. The molecule has 7 nitrogen and oxygen atoms in total. The van der Waals surface area contributed by atoms with Crippen LogP contribution in [0.25, 0.3) is 10.2 Å². The zero-order valence-corrected chi connectivity index (χ0v) is 19.1. The van der Waals surface area contributed by atoms with Crippen LogP contribution in [-0.4, -0.2) is 53.6 Å². The first-order valence-corrected chi connectivity index (χ1v) is 11.4. The number of nitrogens with zero attached hydrogens (tertiary/aromatic N) is 4. The molecule has 0 spiro atoms. The maximum atomic E-state index is 12.9. The molecule has 0 bridgehead atoms. The van der Waals surface area contributed by atoms with E-state index in [1.54, 1.807) is 29.3 Å². The van der Waals surface area contributed by atoms with E-state index in [0.717, 1.165) is 52.8 Å². The first-order valence-electron chi connectivity index (χ1n) is 10.6. The lowest BCUT2D eigenvalue weighted by Crippen LogP contribution is -2.36. The zero-order chi connectivity index (χ0) is 22.0. The number of methoxy groups -OCH3 is 1. The molecule has 0 N–H and O–H groups in total. The predicted octanol–water partition coefficient (Wildman–Crippen LogP) is 3.21. The largest absolute Gasteiger partial charge is 0.497 e. The first-order chi connectivity index (χ1) is 15.0. The van der Waals surface area contributed by atoms with E-state index >= 15 is 0 Å². The number of benzene rings is 1. The number of hydrogen-bond acceptors (Lipinski definition) is 6. The Kier molecular flexibility index (Phi) is 6.27. The van der Waals surface area contributed by atoms with Crippen LogP contribution in [0.15, 0.2) is 35.4 Å². The molecule has 1 aliphatic rings. The van der Waals surface area contributed by atoms with Crippen molar-refractivity contribution in [2.24, 2.45) is 0 Å². The summed E-state index contributed by atoms with van der Waals surface area (Å²) < 4.78 is 6.80. The number of fused-ring (bicyclic) bond motifs is 1. The molecule has 1 fully saturated rings. The minimum absolute atomic E-state index is 0.0544. The molecule has 4 rings (SSSR count). The highest BCUT2D eigenvalue weighted by molar-refractivity contribution is 7.18. The van der Waals surface area contributed by atoms with E-state index in [0.29, 0.717) is 24.9 Å². The smallest absolute Gasteiger partial charge is 0.262 e. The van der Waals surface area contributed by atoms with E-state index in [1.165, 1.54) is 0 Å². The Balaban J connectivity index is 1.38. The third-order valence-electron chi connectivity index (χ3n) is 6.01. The fraction of sp³-hybridized carbons (Fsp3) is 0.435. The summed E-state index contributed by atoms with van der Waals surface area (Å²) in [6.45, 7) is 7.43. The Morgan fingerprint density at radius 3 is 2.65 bits per heavy atom. The number of aryl methyl sites for hydroxylation is 3. The molecule has 1 aromatic carbocycles. The lowest BCUT2D eigenvalue weighted by atomic mass is 10.2. The highest BCUT2D eigenvalue weighted by Crippen LogP contribution is 2.25. The quantitative estimate of drug-likeness (QED) is 0.609. The number of carbonyl (C=O) groups is 1. The number of rotatable bonds is 5. The van der Waals surface area contributed by atoms with Crippen LogP contribution in [0.1, 0.15) is 23.3 Å². The van der Waals surface area contributed by atoms with Gasteiger partial charge >= 0.3 is 0 Å². The van der Waals surface area contributed by atoms with E-state index < -0.39 is 0 Å². The van der Waals surface area contributed by atoms with Crippen molar-refractivity contribution in [2.45, 2.75) is 33.2 Å². The lowest BCUT2D eigenvalue weighted by molar-refractivity contribution is -0.131. The Bertz CT molecular complexity index is 1140. The van der Waals surface area contributed by atoms with Crippen molar-refractivity contribution in [2.75, 3.05) is 38.2 Å².